The standard InChI is InChI=1S/C12H17NO3/c1-4-6-10-9(7-14)8(5-2)11(13-10)12(15)16-3/h7,13H,4-6H2,1-3H3. The Morgan fingerprint density at radius 1 is 1.44 bits per heavy atom. The smallest absolute Gasteiger partial charge is 0.354 e. The lowest BCUT2D eigenvalue weighted by Gasteiger charge is -1.99. The van der Waals surface area contributed by atoms with Crippen molar-refractivity contribution in [2.45, 2.75) is 33.1 Å². The highest BCUT2D eigenvalue weighted by Gasteiger charge is 2.20. The molecule has 0 fully saturated rings. The fraction of sp³-hybridized carbons (Fsp3) is 0.500. The van der Waals surface area contributed by atoms with Gasteiger partial charge in [-0.15, -0.1) is 0 Å². The number of aromatic nitrogens is 1. The van der Waals surface area contributed by atoms with E-state index in [2.05, 4.69) is 9.72 Å². The van der Waals surface area contributed by atoms with Gasteiger partial charge in [-0.2, -0.15) is 0 Å². The molecule has 1 aromatic rings. The van der Waals surface area contributed by atoms with Gasteiger partial charge in [0.05, 0.1) is 7.11 Å². The maximum atomic E-state index is 11.5. The minimum absolute atomic E-state index is 0.413. The number of methoxy groups -OCH3 is 1. The largest absolute Gasteiger partial charge is 0.464 e. The van der Waals surface area contributed by atoms with Gasteiger partial charge in [0.15, 0.2) is 6.29 Å². The van der Waals surface area contributed by atoms with E-state index in [1.54, 1.807) is 0 Å². The van der Waals surface area contributed by atoms with Crippen LogP contribution in [0, 0.1) is 0 Å². The van der Waals surface area contributed by atoms with Crippen molar-refractivity contribution >= 4 is 12.3 Å². The first-order valence-electron chi connectivity index (χ1n) is 5.46. The summed E-state index contributed by atoms with van der Waals surface area (Å²) in [7, 11) is 1.34. The predicted octanol–water partition coefficient (Wildman–Crippen LogP) is 2.13. The first-order valence-corrected chi connectivity index (χ1v) is 5.46. The molecule has 0 spiro atoms. The molecular weight excluding hydrogens is 206 g/mol. The molecule has 0 aromatic carbocycles. The van der Waals surface area contributed by atoms with E-state index in [9.17, 15) is 9.59 Å². The van der Waals surface area contributed by atoms with Crippen molar-refractivity contribution in [3.63, 3.8) is 0 Å². The van der Waals surface area contributed by atoms with Crippen LogP contribution in [0.15, 0.2) is 0 Å². The van der Waals surface area contributed by atoms with Gasteiger partial charge in [-0.25, -0.2) is 4.79 Å². The monoisotopic (exact) mass is 223 g/mol. The number of hydrogen-bond acceptors (Lipinski definition) is 3. The lowest BCUT2D eigenvalue weighted by Crippen LogP contribution is -2.05. The lowest BCUT2D eigenvalue weighted by atomic mass is 10.1. The predicted molar refractivity (Wildman–Crippen MR) is 60.9 cm³/mol. The summed E-state index contributed by atoms with van der Waals surface area (Å²) < 4.78 is 4.68. The average Bonchev–Trinajstić information content (AvgIpc) is 2.66. The van der Waals surface area contributed by atoms with E-state index >= 15 is 0 Å². The Hall–Kier alpha value is -1.58. The van der Waals surface area contributed by atoms with Crippen molar-refractivity contribution in [2.75, 3.05) is 7.11 Å². The Morgan fingerprint density at radius 3 is 2.56 bits per heavy atom. The highest BCUT2D eigenvalue weighted by Crippen LogP contribution is 2.20. The van der Waals surface area contributed by atoms with Crippen LogP contribution in [0.5, 0.6) is 0 Å². The van der Waals surface area contributed by atoms with Crippen LogP contribution in [0.1, 0.15) is 52.4 Å². The molecular formula is C12H17NO3. The highest BCUT2D eigenvalue weighted by molar-refractivity contribution is 5.93. The molecule has 0 radical (unpaired) electrons. The average molecular weight is 223 g/mol. The second-order valence-electron chi connectivity index (χ2n) is 3.58. The molecule has 0 unspecified atom stereocenters. The van der Waals surface area contributed by atoms with E-state index in [-0.39, 0.29) is 0 Å². The molecule has 0 aliphatic carbocycles. The Balaban J connectivity index is 3.28. The zero-order valence-electron chi connectivity index (χ0n) is 9.92. The van der Waals surface area contributed by atoms with Gasteiger partial charge in [0.2, 0.25) is 0 Å². The zero-order chi connectivity index (χ0) is 12.1. The number of ether oxygens (including phenoxy) is 1. The molecule has 0 aliphatic rings. The molecule has 0 saturated heterocycles. The highest BCUT2D eigenvalue weighted by atomic mass is 16.5. The number of H-pyrrole nitrogens is 1. The molecule has 0 bridgehead atoms. The van der Waals surface area contributed by atoms with E-state index in [0.29, 0.717) is 17.7 Å². The van der Waals surface area contributed by atoms with Crippen LogP contribution < -0.4 is 0 Å². The second-order valence-corrected chi connectivity index (χ2v) is 3.58. The SMILES string of the molecule is CCCc1[nH]c(C(=O)OC)c(CC)c1C=O. The van der Waals surface area contributed by atoms with Crippen LogP contribution in [0.2, 0.25) is 0 Å². The third kappa shape index (κ3) is 2.15. The molecule has 0 aliphatic heterocycles. The van der Waals surface area contributed by atoms with Crippen molar-refractivity contribution in [1.82, 2.24) is 4.98 Å². The zero-order valence-corrected chi connectivity index (χ0v) is 9.92. The van der Waals surface area contributed by atoms with Gasteiger partial charge in [0.1, 0.15) is 5.69 Å². The molecule has 16 heavy (non-hydrogen) atoms. The van der Waals surface area contributed by atoms with E-state index in [0.717, 1.165) is 30.4 Å². The molecule has 4 nitrogen and oxygen atoms in total. The third-order valence-corrected chi connectivity index (χ3v) is 2.59. The van der Waals surface area contributed by atoms with Crippen molar-refractivity contribution in [2.24, 2.45) is 0 Å². The molecule has 0 atom stereocenters. The first-order chi connectivity index (χ1) is 7.69. The summed E-state index contributed by atoms with van der Waals surface area (Å²) in [6.45, 7) is 3.94. The van der Waals surface area contributed by atoms with Crippen LogP contribution in [0.25, 0.3) is 0 Å². The maximum Gasteiger partial charge on any atom is 0.354 e. The molecule has 4 heteroatoms. The summed E-state index contributed by atoms with van der Waals surface area (Å²) in [6, 6.07) is 0. The fourth-order valence-electron chi connectivity index (χ4n) is 1.84. The van der Waals surface area contributed by atoms with Gasteiger partial charge in [-0.1, -0.05) is 20.3 Å². The normalized spacial score (nSPS) is 10.2. The Morgan fingerprint density at radius 2 is 2.12 bits per heavy atom. The number of aryl methyl sites for hydroxylation is 1. The summed E-state index contributed by atoms with van der Waals surface area (Å²) in [5, 5.41) is 0. The number of aldehydes is 1. The van der Waals surface area contributed by atoms with Gasteiger partial charge in [-0.3, -0.25) is 4.79 Å². The minimum atomic E-state index is -0.415. The van der Waals surface area contributed by atoms with Crippen LogP contribution in [-0.2, 0) is 17.6 Å². The summed E-state index contributed by atoms with van der Waals surface area (Å²) in [5.74, 6) is -0.415. The third-order valence-electron chi connectivity index (χ3n) is 2.59. The molecule has 1 rings (SSSR count). The minimum Gasteiger partial charge on any atom is -0.464 e. The summed E-state index contributed by atoms with van der Waals surface area (Å²) in [5.41, 5.74) is 2.61. The summed E-state index contributed by atoms with van der Waals surface area (Å²) >= 11 is 0. The number of aromatic amines is 1. The van der Waals surface area contributed by atoms with Crippen LogP contribution in [0.4, 0.5) is 0 Å². The van der Waals surface area contributed by atoms with Gasteiger partial charge >= 0.3 is 5.97 Å². The quantitative estimate of drug-likeness (QED) is 0.614. The van der Waals surface area contributed by atoms with E-state index < -0.39 is 5.97 Å². The first kappa shape index (κ1) is 12.5. The molecule has 1 N–H and O–H groups in total. The maximum absolute atomic E-state index is 11.5. The Bertz CT molecular complexity index is 393. The number of carbonyl (C=O) groups is 2. The van der Waals surface area contributed by atoms with E-state index in [1.807, 2.05) is 13.8 Å². The van der Waals surface area contributed by atoms with Crippen molar-refractivity contribution < 1.29 is 14.3 Å². The fourth-order valence-corrected chi connectivity index (χ4v) is 1.84. The van der Waals surface area contributed by atoms with Crippen LogP contribution in [-0.4, -0.2) is 24.3 Å². The number of rotatable bonds is 5. The van der Waals surface area contributed by atoms with Gasteiger partial charge in [0.25, 0.3) is 0 Å². The molecule has 1 heterocycles. The summed E-state index contributed by atoms with van der Waals surface area (Å²) in [4.78, 5) is 25.5. The van der Waals surface area contributed by atoms with E-state index in [4.69, 9.17) is 0 Å². The van der Waals surface area contributed by atoms with Gasteiger partial charge < -0.3 is 9.72 Å². The summed E-state index contributed by atoms with van der Waals surface area (Å²) in [6.07, 6.45) is 3.13. The molecule has 0 amide bonds. The number of hydrogen-bond donors (Lipinski definition) is 1. The topological polar surface area (TPSA) is 59.2 Å². The number of esters is 1. The second kappa shape index (κ2) is 5.49. The van der Waals surface area contributed by atoms with Gasteiger partial charge in [-0.05, 0) is 18.4 Å². The van der Waals surface area contributed by atoms with Gasteiger partial charge in [0, 0.05) is 11.3 Å². The number of nitrogens with one attached hydrogen (secondary N) is 1. The van der Waals surface area contributed by atoms with Crippen LogP contribution >= 0.6 is 0 Å². The Kier molecular flexibility index (Phi) is 4.28. The van der Waals surface area contributed by atoms with Crippen molar-refractivity contribution in [3.8, 4) is 0 Å². The van der Waals surface area contributed by atoms with Crippen LogP contribution in [0.3, 0.4) is 0 Å². The van der Waals surface area contributed by atoms with E-state index in [1.165, 1.54) is 7.11 Å². The lowest BCUT2D eigenvalue weighted by molar-refractivity contribution is 0.0593. The molecule has 1 aromatic heterocycles. The number of carbonyl (C=O) groups excluding carboxylic acids is 2. The van der Waals surface area contributed by atoms with Crippen molar-refractivity contribution in [3.05, 3.63) is 22.5 Å². The van der Waals surface area contributed by atoms with Crippen molar-refractivity contribution in [1.29, 1.82) is 0 Å². The molecule has 0 saturated carbocycles. The Labute approximate surface area is 95.0 Å². The molecule has 88 valence electrons.